The Bertz CT molecular complexity index is 583. The van der Waals surface area contributed by atoms with E-state index >= 15 is 0 Å². The van der Waals surface area contributed by atoms with Gasteiger partial charge >= 0.3 is 11.9 Å². The van der Waals surface area contributed by atoms with Crippen molar-refractivity contribution in [2.45, 2.75) is 60.6 Å². The predicted octanol–water partition coefficient (Wildman–Crippen LogP) is 2.20. The van der Waals surface area contributed by atoms with E-state index in [9.17, 15) is 19.2 Å². The molecule has 1 heterocycles. The zero-order valence-electron chi connectivity index (χ0n) is 15.8. The summed E-state index contributed by atoms with van der Waals surface area (Å²) in [5, 5.41) is 0. The number of esters is 2. The number of hydrogen-bond acceptors (Lipinski definition) is 6. The van der Waals surface area contributed by atoms with Crippen LogP contribution in [0.1, 0.15) is 54.4 Å². The monoisotopic (exact) mass is 353 g/mol. The number of carbonyl (C=O) groups is 4. The van der Waals surface area contributed by atoms with Gasteiger partial charge in [-0.1, -0.05) is 39.3 Å². The van der Waals surface area contributed by atoms with Gasteiger partial charge in [0.05, 0.1) is 12.3 Å². The van der Waals surface area contributed by atoms with Crippen LogP contribution in [0.15, 0.2) is 11.6 Å². The highest BCUT2D eigenvalue weighted by Crippen LogP contribution is 2.29. The SMILES string of the molecule is CCC(=O)OC1CC(=O)N1C(=O)COC(=O)C(C=C(C)C)C(C)(C)C. The van der Waals surface area contributed by atoms with Crippen molar-refractivity contribution in [1.29, 1.82) is 0 Å². The molecule has 0 aromatic carbocycles. The molecule has 0 spiro atoms. The third kappa shape index (κ3) is 5.69. The van der Waals surface area contributed by atoms with E-state index in [4.69, 9.17) is 9.47 Å². The average molecular weight is 353 g/mol. The molecule has 0 saturated carbocycles. The van der Waals surface area contributed by atoms with E-state index in [-0.39, 0.29) is 18.3 Å². The van der Waals surface area contributed by atoms with Gasteiger partial charge in [-0.15, -0.1) is 0 Å². The van der Waals surface area contributed by atoms with Crippen molar-refractivity contribution < 1.29 is 28.7 Å². The molecular formula is C18H27NO6. The van der Waals surface area contributed by atoms with Crippen LogP contribution in [0.25, 0.3) is 0 Å². The number of carbonyl (C=O) groups excluding carboxylic acids is 4. The second-order valence-corrected chi connectivity index (χ2v) is 7.36. The molecule has 1 aliphatic heterocycles. The Kier molecular flexibility index (Phi) is 6.90. The molecule has 7 heteroatoms. The smallest absolute Gasteiger partial charge is 0.313 e. The summed E-state index contributed by atoms with van der Waals surface area (Å²) < 4.78 is 10.1. The van der Waals surface area contributed by atoms with Gasteiger partial charge in [-0.3, -0.25) is 19.2 Å². The first-order valence-corrected chi connectivity index (χ1v) is 8.33. The van der Waals surface area contributed by atoms with Gasteiger partial charge in [0, 0.05) is 6.42 Å². The van der Waals surface area contributed by atoms with Gasteiger partial charge in [0.2, 0.25) is 5.91 Å². The van der Waals surface area contributed by atoms with Crippen molar-refractivity contribution in [3.63, 3.8) is 0 Å². The summed E-state index contributed by atoms with van der Waals surface area (Å²) in [6, 6.07) is 0. The van der Waals surface area contributed by atoms with Gasteiger partial charge < -0.3 is 9.47 Å². The van der Waals surface area contributed by atoms with Crippen LogP contribution >= 0.6 is 0 Å². The summed E-state index contributed by atoms with van der Waals surface area (Å²) in [6.45, 7) is 10.5. The summed E-state index contributed by atoms with van der Waals surface area (Å²) in [7, 11) is 0. The third-order valence-corrected chi connectivity index (χ3v) is 3.76. The van der Waals surface area contributed by atoms with Crippen LogP contribution < -0.4 is 0 Å². The summed E-state index contributed by atoms with van der Waals surface area (Å²) in [6.07, 6.45) is 1.01. The fraction of sp³-hybridized carbons (Fsp3) is 0.667. The van der Waals surface area contributed by atoms with Crippen molar-refractivity contribution in [2.24, 2.45) is 11.3 Å². The van der Waals surface area contributed by atoms with Crippen LogP contribution in [0.3, 0.4) is 0 Å². The Hall–Kier alpha value is -2.18. The van der Waals surface area contributed by atoms with Crippen LogP contribution in [0.5, 0.6) is 0 Å². The Balaban J connectivity index is 2.68. The number of β-lactam (4-membered cyclic amide) rings is 1. The van der Waals surface area contributed by atoms with Gasteiger partial charge in [-0.25, -0.2) is 4.90 Å². The Morgan fingerprint density at radius 2 is 1.88 bits per heavy atom. The van der Waals surface area contributed by atoms with Crippen LogP contribution in [0.2, 0.25) is 0 Å². The number of imide groups is 1. The summed E-state index contributed by atoms with van der Waals surface area (Å²) in [5.74, 6) is -2.68. The van der Waals surface area contributed by atoms with Gasteiger partial charge in [-0.2, -0.15) is 0 Å². The molecule has 25 heavy (non-hydrogen) atoms. The summed E-state index contributed by atoms with van der Waals surface area (Å²) in [4.78, 5) is 48.2. The Morgan fingerprint density at radius 3 is 2.32 bits per heavy atom. The van der Waals surface area contributed by atoms with Gasteiger partial charge in [-0.05, 0) is 19.3 Å². The van der Waals surface area contributed by atoms with E-state index in [0.717, 1.165) is 10.5 Å². The lowest BCUT2D eigenvalue weighted by molar-refractivity contribution is -0.190. The Labute approximate surface area is 148 Å². The maximum absolute atomic E-state index is 12.3. The van der Waals surface area contributed by atoms with E-state index in [2.05, 4.69) is 0 Å². The van der Waals surface area contributed by atoms with E-state index in [0.29, 0.717) is 0 Å². The lowest BCUT2D eigenvalue weighted by Crippen LogP contribution is -2.58. The number of likely N-dealkylation sites (tertiary alicyclic amines) is 1. The van der Waals surface area contributed by atoms with E-state index in [1.165, 1.54) is 0 Å². The molecule has 0 radical (unpaired) electrons. The molecule has 2 amide bonds. The maximum Gasteiger partial charge on any atom is 0.313 e. The first-order chi connectivity index (χ1) is 11.5. The third-order valence-electron chi connectivity index (χ3n) is 3.76. The zero-order valence-corrected chi connectivity index (χ0v) is 15.8. The number of nitrogens with zero attached hydrogens (tertiary/aromatic N) is 1. The number of allylic oxidation sites excluding steroid dienone is 1. The highest BCUT2D eigenvalue weighted by atomic mass is 16.6. The van der Waals surface area contributed by atoms with E-state index in [1.54, 1.807) is 13.0 Å². The molecular weight excluding hydrogens is 326 g/mol. The summed E-state index contributed by atoms with van der Waals surface area (Å²) >= 11 is 0. The normalized spacial score (nSPS) is 18.1. The predicted molar refractivity (Wildman–Crippen MR) is 90.0 cm³/mol. The molecule has 140 valence electrons. The minimum atomic E-state index is -0.901. The lowest BCUT2D eigenvalue weighted by atomic mass is 9.80. The van der Waals surface area contributed by atoms with Gasteiger partial charge in [0.15, 0.2) is 12.8 Å². The number of rotatable bonds is 6. The lowest BCUT2D eigenvalue weighted by Gasteiger charge is -2.37. The summed E-state index contributed by atoms with van der Waals surface area (Å²) in [5.41, 5.74) is 0.594. The minimum Gasteiger partial charge on any atom is -0.455 e. The highest BCUT2D eigenvalue weighted by molar-refractivity contribution is 6.01. The molecule has 0 bridgehead atoms. The molecule has 0 aromatic heterocycles. The molecule has 1 saturated heterocycles. The Morgan fingerprint density at radius 1 is 1.28 bits per heavy atom. The molecule has 2 atom stereocenters. The zero-order chi connectivity index (χ0) is 19.4. The standard InChI is InChI=1S/C18H27NO6/c1-7-16(22)25-15-9-13(20)19(15)14(21)10-24-17(23)12(8-11(2)3)18(4,5)6/h8,12,15H,7,9-10H2,1-6H3. The van der Waals surface area contributed by atoms with Crippen molar-refractivity contribution in [2.75, 3.05) is 6.61 Å². The first kappa shape index (κ1) is 20.9. The molecule has 0 N–H and O–H groups in total. The molecule has 7 nitrogen and oxygen atoms in total. The second-order valence-electron chi connectivity index (χ2n) is 7.36. The number of amides is 2. The molecule has 1 fully saturated rings. The largest absolute Gasteiger partial charge is 0.455 e. The van der Waals surface area contributed by atoms with E-state index in [1.807, 2.05) is 34.6 Å². The fourth-order valence-electron chi connectivity index (χ4n) is 2.31. The van der Waals surface area contributed by atoms with Crippen LogP contribution in [-0.4, -0.2) is 41.5 Å². The quantitative estimate of drug-likeness (QED) is 0.413. The van der Waals surface area contributed by atoms with Crippen LogP contribution in [0, 0.1) is 11.3 Å². The maximum atomic E-state index is 12.3. The fourth-order valence-corrected chi connectivity index (χ4v) is 2.31. The number of hydrogen-bond donors (Lipinski definition) is 0. The van der Waals surface area contributed by atoms with Crippen LogP contribution in [0.4, 0.5) is 0 Å². The van der Waals surface area contributed by atoms with Gasteiger partial charge in [0.1, 0.15) is 0 Å². The minimum absolute atomic E-state index is 0.0339. The van der Waals surface area contributed by atoms with E-state index < -0.39 is 42.5 Å². The van der Waals surface area contributed by atoms with Gasteiger partial charge in [0.25, 0.3) is 5.91 Å². The van der Waals surface area contributed by atoms with Crippen molar-refractivity contribution in [3.05, 3.63) is 11.6 Å². The average Bonchev–Trinajstić information content (AvgIpc) is 2.48. The van der Waals surface area contributed by atoms with Crippen molar-refractivity contribution >= 4 is 23.8 Å². The van der Waals surface area contributed by atoms with Crippen molar-refractivity contribution in [3.8, 4) is 0 Å². The van der Waals surface area contributed by atoms with Crippen LogP contribution in [-0.2, 0) is 28.7 Å². The molecule has 0 aromatic rings. The first-order valence-electron chi connectivity index (χ1n) is 8.33. The highest BCUT2D eigenvalue weighted by Gasteiger charge is 2.44. The molecule has 1 aliphatic rings. The van der Waals surface area contributed by atoms with Crippen molar-refractivity contribution in [1.82, 2.24) is 4.90 Å². The topological polar surface area (TPSA) is 90.0 Å². The molecule has 2 unspecified atom stereocenters. The number of ether oxygens (including phenoxy) is 2. The molecule has 1 rings (SSSR count). The second kappa shape index (κ2) is 8.27. The molecule has 0 aliphatic carbocycles.